The lowest BCUT2D eigenvalue weighted by Crippen LogP contribution is -1.91. The summed E-state index contributed by atoms with van der Waals surface area (Å²) in [4.78, 5) is 7.83. The molecular formula is C20H23N3O2. The fourth-order valence-corrected chi connectivity index (χ4v) is 2.93. The van der Waals surface area contributed by atoms with E-state index in [9.17, 15) is 10.2 Å². The molecule has 0 spiro atoms. The van der Waals surface area contributed by atoms with Gasteiger partial charge >= 0.3 is 0 Å². The van der Waals surface area contributed by atoms with Crippen molar-refractivity contribution in [2.75, 3.05) is 5.32 Å². The minimum absolute atomic E-state index is 0.136. The van der Waals surface area contributed by atoms with Crippen LogP contribution in [0.15, 0.2) is 42.6 Å². The molecule has 0 radical (unpaired) electrons. The first kappa shape index (κ1) is 16.9. The first-order valence-electron chi connectivity index (χ1n) is 8.58. The number of aromatic hydroxyl groups is 2. The molecule has 0 aliphatic heterocycles. The molecule has 1 aromatic carbocycles. The van der Waals surface area contributed by atoms with Crippen molar-refractivity contribution in [3.8, 4) is 11.5 Å². The summed E-state index contributed by atoms with van der Waals surface area (Å²) in [7, 11) is 0. The van der Waals surface area contributed by atoms with Crippen LogP contribution in [0.4, 0.5) is 11.4 Å². The molecule has 2 heterocycles. The Morgan fingerprint density at radius 1 is 1.16 bits per heavy atom. The van der Waals surface area contributed by atoms with Crippen molar-refractivity contribution in [1.82, 2.24) is 9.97 Å². The number of anilines is 2. The largest absolute Gasteiger partial charge is 0.504 e. The van der Waals surface area contributed by atoms with E-state index in [-0.39, 0.29) is 11.5 Å². The van der Waals surface area contributed by atoms with E-state index in [1.54, 1.807) is 12.3 Å². The number of hydrogen-bond acceptors (Lipinski definition) is 4. The highest BCUT2D eigenvalue weighted by molar-refractivity contribution is 5.94. The van der Waals surface area contributed by atoms with Gasteiger partial charge in [-0.15, -0.1) is 0 Å². The van der Waals surface area contributed by atoms with Crippen molar-refractivity contribution in [3.63, 3.8) is 0 Å². The zero-order chi connectivity index (χ0) is 17.8. The molecule has 0 saturated heterocycles. The maximum absolute atomic E-state index is 9.67. The van der Waals surface area contributed by atoms with Crippen LogP contribution >= 0.6 is 0 Å². The molecule has 5 nitrogen and oxygen atoms in total. The molecule has 2 aromatic heterocycles. The molecule has 0 fully saturated rings. The Morgan fingerprint density at radius 2 is 2.00 bits per heavy atom. The van der Waals surface area contributed by atoms with Crippen LogP contribution in [-0.2, 0) is 0 Å². The van der Waals surface area contributed by atoms with Gasteiger partial charge in [-0.2, -0.15) is 0 Å². The van der Waals surface area contributed by atoms with Gasteiger partial charge in [0, 0.05) is 29.0 Å². The quantitative estimate of drug-likeness (QED) is 0.363. The smallest absolute Gasteiger partial charge is 0.159 e. The maximum atomic E-state index is 9.67. The molecule has 3 rings (SSSR count). The number of pyridine rings is 1. The van der Waals surface area contributed by atoms with Gasteiger partial charge in [0.15, 0.2) is 11.5 Å². The number of nitrogens with one attached hydrogen (secondary N) is 2. The highest BCUT2D eigenvalue weighted by Crippen LogP contribution is 2.32. The van der Waals surface area contributed by atoms with Gasteiger partial charge in [0.2, 0.25) is 0 Å². The number of phenols is 2. The normalized spacial score (nSPS) is 11.8. The van der Waals surface area contributed by atoms with Crippen molar-refractivity contribution in [2.24, 2.45) is 0 Å². The predicted octanol–water partition coefficient (Wildman–Crippen LogP) is 5.31. The number of fused-ring (bicyclic) bond motifs is 1. The number of aromatic amines is 1. The van der Waals surface area contributed by atoms with Crippen molar-refractivity contribution >= 4 is 28.0 Å². The van der Waals surface area contributed by atoms with E-state index in [0.717, 1.165) is 41.7 Å². The number of phenolic OH excluding ortho intramolecular Hbond substituents is 2. The van der Waals surface area contributed by atoms with Crippen LogP contribution in [0.2, 0.25) is 0 Å². The molecule has 0 bridgehead atoms. The summed E-state index contributed by atoms with van der Waals surface area (Å²) in [5.74, 6) is -0.288. The molecule has 0 aliphatic carbocycles. The van der Waals surface area contributed by atoms with Gasteiger partial charge < -0.3 is 20.5 Å². The van der Waals surface area contributed by atoms with E-state index >= 15 is 0 Å². The summed E-state index contributed by atoms with van der Waals surface area (Å²) in [6.45, 7) is 4.32. The van der Waals surface area contributed by atoms with E-state index in [1.807, 2.05) is 6.07 Å². The fraction of sp³-hybridized carbons (Fsp3) is 0.250. The van der Waals surface area contributed by atoms with Gasteiger partial charge in [-0.25, -0.2) is 4.98 Å². The number of allylic oxidation sites excluding steroid dienone is 2. The average Bonchev–Trinajstić information content (AvgIpc) is 3.03. The fourth-order valence-electron chi connectivity index (χ4n) is 2.93. The minimum Gasteiger partial charge on any atom is -0.504 e. The lowest BCUT2D eigenvalue weighted by Gasteiger charge is -2.08. The van der Waals surface area contributed by atoms with Gasteiger partial charge in [-0.05, 0) is 42.7 Å². The molecule has 130 valence electrons. The van der Waals surface area contributed by atoms with Crippen LogP contribution in [-0.4, -0.2) is 20.2 Å². The van der Waals surface area contributed by atoms with Gasteiger partial charge in [-0.3, -0.25) is 0 Å². The Hall–Kier alpha value is -2.95. The molecule has 25 heavy (non-hydrogen) atoms. The predicted molar refractivity (Wildman–Crippen MR) is 102 cm³/mol. The number of aromatic nitrogens is 2. The Kier molecular flexibility index (Phi) is 4.93. The summed E-state index contributed by atoms with van der Waals surface area (Å²) in [6.07, 6.45) is 7.10. The molecule has 3 aromatic rings. The topological polar surface area (TPSA) is 81.2 Å². The zero-order valence-electron chi connectivity index (χ0n) is 14.5. The first-order valence-corrected chi connectivity index (χ1v) is 8.58. The molecule has 0 saturated carbocycles. The summed E-state index contributed by atoms with van der Waals surface area (Å²) in [5.41, 5.74) is 4.81. The SMILES string of the molecule is CC/C=C(\CCC)c1cc2c(Nc3ccc(O)c(O)c3)ccnc2[nH]1. The van der Waals surface area contributed by atoms with E-state index in [0.29, 0.717) is 5.69 Å². The number of benzene rings is 1. The monoisotopic (exact) mass is 337 g/mol. The molecule has 5 heteroatoms. The lowest BCUT2D eigenvalue weighted by atomic mass is 10.1. The summed E-state index contributed by atoms with van der Waals surface area (Å²) < 4.78 is 0. The van der Waals surface area contributed by atoms with Gasteiger partial charge in [-0.1, -0.05) is 26.3 Å². The second-order valence-corrected chi connectivity index (χ2v) is 6.02. The highest BCUT2D eigenvalue weighted by Gasteiger charge is 2.10. The van der Waals surface area contributed by atoms with Crippen LogP contribution in [0.25, 0.3) is 16.6 Å². The highest BCUT2D eigenvalue weighted by atomic mass is 16.3. The number of rotatable bonds is 6. The molecule has 0 atom stereocenters. The summed E-state index contributed by atoms with van der Waals surface area (Å²) in [6, 6.07) is 8.68. The van der Waals surface area contributed by atoms with Crippen LogP contribution in [0, 0.1) is 0 Å². The Morgan fingerprint density at radius 3 is 2.72 bits per heavy atom. The van der Waals surface area contributed by atoms with Crippen molar-refractivity contribution in [2.45, 2.75) is 33.1 Å². The number of hydrogen-bond donors (Lipinski definition) is 4. The molecule has 0 amide bonds. The maximum Gasteiger partial charge on any atom is 0.159 e. The van der Waals surface area contributed by atoms with Crippen molar-refractivity contribution in [1.29, 1.82) is 0 Å². The van der Waals surface area contributed by atoms with Crippen LogP contribution in [0.3, 0.4) is 0 Å². The minimum atomic E-state index is -0.152. The standard InChI is InChI=1S/C20H23N3O2/c1-3-5-13(6-4-2)17-12-15-16(9-10-21-20(15)23-17)22-14-7-8-18(24)19(25)11-14/h5,7-12,24-25H,3-4,6H2,1-2H3,(H2,21,22,23)/b13-5+. The van der Waals surface area contributed by atoms with E-state index in [4.69, 9.17) is 0 Å². The Bertz CT molecular complexity index is 912. The third kappa shape index (κ3) is 3.60. The van der Waals surface area contributed by atoms with E-state index < -0.39 is 0 Å². The average molecular weight is 337 g/mol. The second kappa shape index (κ2) is 7.30. The Balaban J connectivity index is 1.99. The summed E-state index contributed by atoms with van der Waals surface area (Å²) in [5, 5.41) is 23.4. The van der Waals surface area contributed by atoms with Crippen LogP contribution < -0.4 is 5.32 Å². The second-order valence-electron chi connectivity index (χ2n) is 6.02. The third-order valence-electron chi connectivity index (χ3n) is 4.10. The van der Waals surface area contributed by atoms with Gasteiger partial charge in [0.25, 0.3) is 0 Å². The lowest BCUT2D eigenvalue weighted by molar-refractivity contribution is 0.404. The van der Waals surface area contributed by atoms with Crippen molar-refractivity contribution in [3.05, 3.63) is 48.3 Å². The molecular weight excluding hydrogens is 314 g/mol. The number of H-pyrrole nitrogens is 1. The molecule has 0 unspecified atom stereocenters. The van der Waals surface area contributed by atoms with Crippen LogP contribution in [0.1, 0.15) is 38.8 Å². The van der Waals surface area contributed by atoms with Crippen molar-refractivity contribution < 1.29 is 10.2 Å². The number of nitrogens with zero attached hydrogens (tertiary/aromatic N) is 1. The third-order valence-corrected chi connectivity index (χ3v) is 4.10. The molecule has 4 N–H and O–H groups in total. The summed E-state index contributed by atoms with van der Waals surface area (Å²) >= 11 is 0. The van der Waals surface area contributed by atoms with Gasteiger partial charge in [0.1, 0.15) is 5.65 Å². The van der Waals surface area contributed by atoms with Crippen LogP contribution in [0.5, 0.6) is 11.5 Å². The first-order chi connectivity index (χ1) is 12.1. The van der Waals surface area contributed by atoms with Gasteiger partial charge in [0.05, 0.1) is 5.69 Å². The zero-order valence-corrected chi connectivity index (χ0v) is 14.5. The Labute approximate surface area is 147 Å². The van der Waals surface area contributed by atoms with E-state index in [2.05, 4.69) is 41.3 Å². The van der Waals surface area contributed by atoms with E-state index in [1.165, 1.54) is 17.7 Å². The molecule has 0 aliphatic rings.